The van der Waals surface area contributed by atoms with E-state index in [2.05, 4.69) is 4.98 Å². The summed E-state index contributed by atoms with van der Waals surface area (Å²) < 4.78 is 17.0. The van der Waals surface area contributed by atoms with E-state index in [1.807, 2.05) is 26.2 Å². The minimum absolute atomic E-state index is 0. The number of pyridine rings is 1. The van der Waals surface area contributed by atoms with E-state index in [0.29, 0.717) is 32.1 Å². The number of hydrogen-bond acceptors (Lipinski definition) is 7. The second kappa shape index (κ2) is 10.1. The summed E-state index contributed by atoms with van der Waals surface area (Å²) in [5.74, 6) is -0.228. The van der Waals surface area contributed by atoms with Crippen LogP contribution in [0.25, 0.3) is 10.1 Å². The second-order valence-corrected chi connectivity index (χ2v) is 8.70. The molecular weight excluding hydrogens is 438 g/mol. The quantitative estimate of drug-likeness (QED) is 0.315. The molecular formula is C23H26ClNO5S. The van der Waals surface area contributed by atoms with Gasteiger partial charge in [-0.2, -0.15) is 0 Å². The Morgan fingerprint density at radius 3 is 2.42 bits per heavy atom. The molecule has 0 N–H and O–H groups in total. The predicted molar refractivity (Wildman–Crippen MR) is 123 cm³/mol. The van der Waals surface area contributed by atoms with Gasteiger partial charge in [0.1, 0.15) is 23.1 Å². The first-order chi connectivity index (χ1) is 14.2. The average Bonchev–Trinajstić information content (AvgIpc) is 3.11. The van der Waals surface area contributed by atoms with Gasteiger partial charge in [0.25, 0.3) is 0 Å². The summed E-state index contributed by atoms with van der Waals surface area (Å²) in [6.07, 6.45) is 1.43. The van der Waals surface area contributed by atoms with Gasteiger partial charge in [-0.25, -0.2) is 14.6 Å². The average molecular weight is 464 g/mol. The number of hydrogen-bond donors (Lipinski definition) is 0. The third kappa shape index (κ3) is 5.95. The van der Waals surface area contributed by atoms with Crippen LogP contribution in [0.4, 0.5) is 0 Å². The summed E-state index contributed by atoms with van der Waals surface area (Å²) in [5.41, 5.74) is 1.09. The molecule has 8 heteroatoms. The van der Waals surface area contributed by atoms with Gasteiger partial charge >= 0.3 is 11.9 Å². The maximum Gasteiger partial charge on any atom is 0.341 e. The number of fused-ring (bicyclic) bond motifs is 1. The van der Waals surface area contributed by atoms with Crippen LogP contribution in [-0.2, 0) is 16.1 Å². The molecule has 0 bridgehead atoms. The third-order valence-corrected chi connectivity index (χ3v) is 5.35. The van der Waals surface area contributed by atoms with Gasteiger partial charge in [0, 0.05) is 17.1 Å². The molecule has 1 aromatic carbocycles. The van der Waals surface area contributed by atoms with Crippen molar-refractivity contribution < 1.29 is 23.8 Å². The summed E-state index contributed by atoms with van der Waals surface area (Å²) >= 11 is 7.67. The summed E-state index contributed by atoms with van der Waals surface area (Å²) in [6.45, 7) is 7.73. The lowest BCUT2D eigenvalue weighted by Gasteiger charge is -2.19. The van der Waals surface area contributed by atoms with E-state index in [4.69, 9.17) is 25.8 Å². The number of ether oxygens (including phenoxy) is 3. The van der Waals surface area contributed by atoms with Crippen LogP contribution in [0, 0.1) is 0 Å². The fourth-order valence-electron chi connectivity index (χ4n) is 2.71. The normalized spacial score (nSPS) is 11.0. The highest BCUT2D eigenvalue weighted by atomic mass is 35.5. The largest absolute Gasteiger partial charge is 0.489 e. The summed E-state index contributed by atoms with van der Waals surface area (Å²) in [7, 11) is 0. The molecule has 0 atom stereocenters. The number of carbonyl (C=O) groups is 2. The van der Waals surface area contributed by atoms with Crippen LogP contribution in [-0.4, -0.2) is 29.1 Å². The van der Waals surface area contributed by atoms with Crippen molar-refractivity contribution >= 4 is 45.0 Å². The highest BCUT2D eigenvalue weighted by Crippen LogP contribution is 2.34. The number of nitrogens with zero attached hydrogens (tertiary/aromatic N) is 1. The van der Waals surface area contributed by atoms with E-state index in [9.17, 15) is 9.59 Å². The summed E-state index contributed by atoms with van der Waals surface area (Å²) in [4.78, 5) is 28.4. The minimum atomic E-state index is -0.554. The SMILES string of the molecule is C.CCOC(=O)c1cnc(Cl)c2c(COc3ccc(C(=O)OC(C)(C)C)cc3)csc12. The van der Waals surface area contributed by atoms with Crippen molar-refractivity contribution in [3.8, 4) is 5.75 Å². The molecule has 166 valence electrons. The van der Waals surface area contributed by atoms with Crippen LogP contribution in [0.1, 0.15) is 61.4 Å². The van der Waals surface area contributed by atoms with E-state index in [1.165, 1.54) is 17.5 Å². The zero-order chi connectivity index (χ0) is 21.9. The molecule has 0 amide bonds. The molecule has 31 heavy (non-hydrogen) atoms. The number of benzene rings is 1. The Morgan fingerprint density at radius 2 is 1.81 bits per heavy atom. The fourth-order valence-corrected chi connectivity index (χ4v) is 4.08. The Morgan fingerprint density at radius 1 is 1.13 bits per heavy atom. The minimum Gasteiger partial charge on any atom is -0.489 e. The maximum absolute atomic E-state index is 12.2. The number of thiophene rings is 1. The molecule has 0 fully saturated rings. The fraction of sp³-hybridized carbons (Fsp3) is 0.348. The van der Waals surface area contributed by atoms with Crippen molar-refractivity contribution in [2.45, 2.75) is 47.3 Å². The zero-order valence-electron chi connectivity index (χ0n) is 17.2. The predicted octanol–water partition coefficient (Wildman–Crippen LogP) is 6.30. The van der Waals surface area contributed by atoms with Crippen LogP contribution in [0.5, 0.6) is 5.75 Å². The lowest BCUT2D eigenvalue weighted by molar-refractivity contribution is 0.00692. The van der Waals surface area contributed by atoms with Gasteiger partial charge in [-0.15, -0.1) is 11.3 Å². The molecule has 0 saturated carbocycles. The smallest absolute Gasteiger partial charge is 0.341 e. The molecule has 6 nitrogen and oxygen atoms in total. The first-order valence-corrected chi connectivity index (χ1v) is 10.6. The Balaban J connectivity index is 0.00000341. The third-order valence-electron chi connectivity index (χ3n) is 4.00. The zero-order valence-corrected chi connectivity index (χ0v) is 18.7. The number of halogens is 1. The topological polar surface area (TPSA) is 74.7 Å². The molecule has 0 unspecified atom stereocenters. The molecule has 2 aromatic heterocycles. The molecule has 0 spiro atoms. The van der Waals surface area contributed by atoms with Gasteiger partial charge in [0.2, 0.25) is 0 Å². The van der Waals surface area contributed by atoms with Crippen molar-refractivity contribution in [3.63, 3.8) is 0 Å². The molecule has 0 aliphatic rings. The van der Waals surface area contributed by atoms with Crippen LogP contribution < -0.4 is 4.74 Å². The van der Waals surface area contributed by atoms with E-state index < -0.39 is 11.6 Å². The molecule has 3 aromatic rings. The van der Waals surface area contributed by atoms with Crippen LogP contribution in [0.3, 0.4) is 0 Å². The van der Waals surface area contributed by atoms with E-state index in [-0.39, 0.29) is 26.6 Å². The van der Waals surface area contributed by atoms with Crippen molar-refractivity contribution in [2.24, 2.45) is 0 Å². The molecule has 0 aliphatic heterocycles. The highest BCUT2D eigenvalue weighted by Gasteiger charge is 2.19. The molecule has 0 radical (unpaired) electrons. The Bertz CT molecular complexity index is 1070. The Labute approximate surface area is 191 Å². The van der Waals surface area contributed by atoms with Crippen molar-refractivity contribution in [3.05, 3.63) is 57.7 Å². The first kappa shape index (κ1) is 24.6. The monoisotopic (exact) mass is 463 g/mol. The molecule has 0 aliphatic carbocycles. The molecule has 2 heterocycles. The van der Waals surface area contributed by atoms with Gasteiger partial charge in [-0.1, -0.05) is 19.0 Å². The van der Waals surface area contributed by atoms with Gasteiger partial charge in [-0.3, -0.25) is 0 Å². The number of rotatable bonds is 6. The van der Waals surface area contributed by atoms with Gasteiger partial charge in [0.05, 0.1) is 22.4 Å². The van der Waals surface area contributed by atoms with E-state index >= 15 is 0 Å². The lowest BCUT2D eigenvalue weighted by atomic mass is 10.1. The Kier molecular flexibility index (Phi) is 8.03. The van der Waals surface area contributed by atoms with Gasteiger partial charge < -0.3 is 14.2 Å². The molecule has 3 rings (SSSR count). The van der Waals surface area contributed by atoms with Crippen LogP contribution >= 0.6 is 22.9 Å². The van der Waals surface area contributed by atoms with Crippen molar-refractivity contribution in [2.75, 3.05) is 6.61 Å². The highest BCUT2D eigenvalue weighted by molar-refractivity contribution is 7.17. The summed E-state index contributed by atoms with van der Waals surface area (Å²) in [6, 6.07) is 6.72. The number of esters is 2. The van der Waals surface area contributed by atoms with Gasteiger partial charge in [0.15, 0.2) is 0 Å². The van der Waals surface area contributed by atoms with Crippen LogP contribution in [0.15, 0.2) is 35.8 Å². The lowest BCUT2D eigenvalue weighted by Crippen LogP contribution is -2.23. The Hall–Kier alpha value is -2.64. The first-order valence-electron chi connectivity index (χ1n) is 9.37. The number of carbonyl (C=O) groups excluding carboxylic acids is 2. The standard InChI is InChI=1S/C22H22ClNO5S.CH4/c1-5-27-21(26)16-10-24-19(23)17-14(12-30-18(16)17)11-28-15-8-6-13(7-9-15)20(25)29-22(2,3)4;/h6-10,12H,5,11H2,1-4H3;1H4. The maximum atomic E-state index is 12.2. The van der Waals surface area contributed by atoms with Crippen molar-refractivity contribution in [1.82, 2.24) is 4.98 Å². The van der Waals surface area contributed by atoms with Crippen LogP contribution in [0.2, 0.25) is 5.15 Å². The molecule has 0 saturated heterocycles. The second-order valence-electron chi connectivity index (χ2n) is 7.46. The van der Waals surface area contributed by atoms with Gasteiger partial charge in [-0.05, 0) is 57.3 Å². The van der Waals surface area contributed by atoms with Crippen molar-refractivity contribution in [1.29, 1.82) is 0 Å². The van der Waals surface area contributed by atoms with E-state index in [0.717, 1.165) is 5.56 Å². The number of aromatic nitrogens is 1. The summed E-state index contributed by atoms with van der Waals surface area (Å²) in [5, 5.41) is 2.87. The van der Waals surface area contributed by atoms with E-state index in [1.54, 1.807) is 31.2 Å².